The van der Waals surface area contributed by atoms with E-state index < -0.39 is 21.3 Å². The van der Waals surface area contributed by atoms with E-state index in [-0.39, 0.29) is 17.1 Å². The number of ketones is 2. The van der Waals surface area contributed by atoms with E-state index >= 15 is 0 Å². The smallest absolute Gasteiger partial charge is 0.181 e. The van der Waals surface area contributed by atoms with E-state index in [1.54, 1.807) is 0 Å². The lowest BCUT2D eigenvalue weighted by molar-refractivity contribution is -0.128. The second-order valence-corrected chi connectivity index (χ2v) is 14.2. The Balaban J connectivity index is 0.000000220. The Labute approximate surface area is 192 Å². The molecule has 31 heavy (non-hydrogen) atoms. The van der Waals surface area contributed by atoms with Crippen LogP contribution in [0, 0.1) is 16.7 Å². The Bertz CT molecular complexity index is 724. The fourth-order valence-electron chi connectivity index (χ4n) is 5.89. The molecule has 3 unspecified atom stereocenters. The summed E-state index contributed by atoms with van der Waals surface area (Å²) in [4.78, 5) is 23.6. The average Bonchev–Trinajstić information content (AvgIpc) is 3.02. The zero-order valence-electron chi connectivity index (χ0n) is 19.9. The van der Waals surface area contributed by atoms with Gasteiger partial charge in [0.25, 0.3) is 0 Å². The van der Waals surface area contributed by atoms with Crippen molar-refractivity contribution in [3.63, 3.8) is 0 Å². The zero-order chi connectivity index (χ0) is 23.3. The Kier molecular flexibility index (Phi) is 9.66. The number of carbonyl (C=O) groups excluding carboxylic acids is 2. The maximum atomic E-state index is 11.8. The van der Waals surface area contributed by atoms with E-state index in [1.807, 2.05) is 13.8 Å². The van der Waals surface area contributed by atoms with Gasteiger partial charge in [-0.3, -0.25) is 9.59 Å². The van der Waals surface area contributed by atoms with Gasteiger partial charge in [0.1, 0.15) is 11.0 Å². The number of unbranched alkanes of at least 4 members (excludes halogenated alkanes) is 2. The molecule has 3 aliphatic carbocycles. The maximum Gasteiger partial charge on any atom is 0.181 e. The minimum atomic E-state index is -4.33. The second kappa shape index (κ2) is 11.1. The molecule has 3 aliphatic rings. The molecule has 0 N–H and O–H groups in total. The van der Waals surface area contributed by atoms with Crippen LogP contribution in [-0.2, 0) is 30.6 Å². The van der Waals surface area contributed by atoms with Crippen molar-refractivity contribution in [3.8, 4) is 0 Å². The van der Waals surface area contributed by atoms with E-state index in [4.69, 9.17) is 0 Å². The highest BCUT2D eigenvalue weighted by Crippen LogP contribution is 2.64. The molecule has 0 heterocycles. The van der Waals surface area contributed by atoms with Gasteiger partial charge >= 0.3 is 0 Å². The molecule has 3 saturated carbocycles. The van der Waals surface area contributed by atoms with E-state index in [2.05, 4.69) is 13.2 Å². The van der Waals surface area contributed by atoms with Crippen LogP contribution in [0.1, 0.15) is 97.8 Å². The molecule has 0 aromatic carbocycles. The van der Waals surface area contributed by atoms with Crippen LogP contribution in [0.3, 0.4) is 0 Å². The first-order chi connectivity index (χ1) is 14.4. The van der Waals surface area contributed by atoms with Crippen molar-refractivity contribution in [3.05, 3.63) is 0 Å². The van der Waals surface area contributed by atoms with Crippen molar-refractivity contribution < 1.29 is 22.6 Å². The van der Waals surface area contributed by atoms with Gasteiger partial charge in [0.2, 0.25) is 0 Å². The number of hydrogen-bond acceptors (Lipinski definition) is 5. The number of rotatable bonds is 9. The average molecular weight is 475 g/mol. The first kappa shape index (κ1) is 26.8. The normalized spacial score (nSPS) is 28.8. The lowest BCUT2D eigenvalue weighted by Gasteiger charge is -2.37. The van der Waals surface area contributed by atoms with Gasteiger partial charge < -0.3 is 4.55 Å². The molecule has 3 atom stereocenters. The Morgan fingerprint density at radius 2 is 1.77 bits per heavy atom. The van der Waals surface area contributed by atoms with Crippen LogP contribution in [0.4, 0.5) is 0 Å². The Morgan fingerprint density at radius 3 is 2.26 bits per heavy atom. The van der Waals surface area contributed by atoms with Gasteiger partial charge in [-0.2, -0.15) is 0 Å². The monoisotopic (exact) mass is 474 g/mol. The van der Waals surface area contributed by atoms with Gasteiger partial charge in [-0.25, -0.2) is 8.42 Å². The van der Waals surface area contributed by atoms with Gasteiger partial charge in [-0.1, -0.05) is 40.0 Å². The fourth-order valence-corrected chi connectivity index (χ4v) is 9.20. The van der Waals surface area contributed by atoms with E-state index in [9.17, 15) is 22.6 Å². The first-order valence-corrected chi connectivity index (χ1v) is 15.5. The fraction of sp³-hybridized carbons (Fsp3) is 0.917. The molecule has 5 nitrogen and oxygen atoms in total. The van der Waals surface area contributed by atoms with Crippen LogP contribution in [0.2, 0.25) is 0 Å². The molecular formula is C24H42O5S2. The molecule has 0 amide bonds. The molecule has 0 saturated heterocycles. The third kappa shape index (κ3) is 6.80. The van der Waals surface area contributed by atoms with Crippen molar-refractivity contribution >= 4 is 32.6 Å². The lowest BCUT2D eigenvalue weighted by atomic mass is 9.70. The van der Waals surface area contributed by atoms with Crippen molar-refractivity contribution in [2.24, 2.45) is 16.7 Å². The summed E-state index contributed by atoms with van der Waals surface area (Å²) in [6, 6.07) is 0. The van der Waals surface area contributed by atoms with Gasteiger partial charge in [-0.05, 0) is 67.2 Å². The molecular weight excluding hydrogens is 432 g/mol. The van der Waals surface area contributed by atoms with Crippen LogP contribution in [0.25, 0.3) is 0 Å². The summed E-state index contributed by atoms with van der Waals surface area (Å²) < 4.78 is 32.7. The molecule has 0 radical (unpaired) electrons. The van der Waals surface area contributed by atoms with Gasteiger partial charge in [0, 0.05) is 18.3 Å². The third-order valence-corrected chi connectivity index (χ3v) is 11.4. The quantitative estimate of drug-likeness (QED) is 0.276. The molecule has 0 spiro atoms. The summed E-state index contributed by atoms with van der Waals surface area (Å²) in [6.07, 6.45) is 15.5. The summed E-state index contributed by atoms with van der Waals surface area (Å²) in [5.41, 5.74) is -1.22. The zero-order valence-corrected chi connectivity index (χ0v) is 21.5. The van der Waals surface area contributed by atoms with Crippen LogP contribution >= 0.6 is 0 Å². The minimum Gasteiger partial charge on any atom is -0.748 e. The lowest BCUT2D eigenvalue weighted by Crippen LogP contribution is -2.42. The van der Waals surface area contributed by atoms with Crippen LogP contribution in [0.15, 0.2) is 0 Å². The van der Waals surface area contributed by atoms with E-state index in [0.717, 1.165) is 30.3 Å². The van der Waals surface area contributed by atoms with E-state index in [0.29, 0.717) is 29.5 Å². The SMILES string of the molecule is CC1(C)C2CCC1(CS(=O)(=O)[O-])C(=O)C2.CCCCCC(=O)C[S+](C)C1CCCCC1. The molecule has 0 aliphatic heterocycles. The number of carbonyl (C=O) groups is 2. The summed E-state index contributed by atoms with van der Waals surface area (Å²) in [6.45, 7) is 6.03. The molecule has 0 aromatic heterocycles. The van der Waals surface area contributed by atoms with Crippen LogP contribution in [-0.4, -0.2) is 47.5 Å². The molecule has 3 fully saturated rings. The van der Waals surface area contributed by atoms with Crippen molar-refractivity contribution in [2.45, 2.75) is 103 Å². The molecule has 7 heteroatoms. The number of hydrogen-bond donors (Lipinski definition) is 0. The van der Waals surface area contributed by atoms with Crippen LogP contribution < -0.4 is 0 Å². The van der Waals surface area contributed by atoms with Crippen molar-refractivity contribution in [2.75, 3.05) is 17.8 Å². The number of Topliss-reactive ketones (excluding diaryl/α,β-unsaturated/α-hetero) is 2. The third-order valence-electron chi connectivity index (χ3n) is 8.13. The van der Waals surface area contributed by atoms with E-state index in [1.165, 1.54) is 44.9 Å². The van der Waals surface area contributed by atoms with Gasteiger partial charge in [-0.15, -0.1) is 0 Å². The van der Waals surface area contributed by atoms with Gasteiger partial charge in [0.15, 0.2) is 11.5 Å². The summed E-state index contributed by atoms with van der Waals surface area (Å²) in [5.74, 6) is 1.11. The van der Waals surface area contributed by atoms with Gasteiger partial charge in [0.05, 0.1) is 22.1 Å². The number of fused-ring (bicyclic) bond motifs is 2. The Morgan fingerprint density at radius 1 is 1.13 bits per heavy atom. The predicted molar refractivity (Wildman–Crippen MR) is 127 cm³/mol. The second-order valence-electron chi connectivity index (χ2n) is 10.5. The highest BCUT2D eigenvalue weighted by Gasteiger charge is 2.64. The maximum absolute atomic E-state index is 11.8. The molecule has 2 bridgehead atoms. The predicted octanol–water partition coefficient (Wildman–Crippen LogP) is 4.64. The standard InChI is InChI=1S/C14H27OS.C10H16O4S/c1-3-4-6-9-13(15)12-16(2)14-10-7-5-8-11-14;1-9(2)7-3-4-10(9,8(11)5-7)6-15(12,13)14/h14H,3-12H2,1-2H3;7H,3-6H2,1-2H3,(H,12,13,14)/q+1;/p-1. The molecule has 0 aromatic rings. The summed E-state index contributed by atoms with van der Waals surface area (Å²) in [7, 11) is -3.97. The summed E-state index contributed by atoms with van der Waals surface area (Å²) in [5, 5.41) is 0.865. The minimum absolute atomic E-state index is 0.0248. The van der Waals surface area contributed by atoms with Crippen molar-refractivity contribution in [1.82, 2.24) is 0 Å². The highest BCUT2D eigenvalue weighted by atomic mass is 32.2. The highest BCUT2D eigenvalue weighted by molar-refractivity contribution is 7.97. The van der Waals surface area contributed by atoms with Crippen LogP contribution in [0.5, 0.6) is 0 Å². The largest absolute Gasteiger partial charge is 0.748 e. The first-order valence-electron chi connectivity index (χ1n) is 12.0. The topological polar surface area (TPSA) is 91.3 Å². The molecule has 180 valence electrons. The molecule has 3 rings (SSSR count). The van der Waals surface area contributed by atoms with Crippen molar-refractivity contribution in [1.29, 1.82) is 0 Å². The summed E-state index contributed by atoms with van der Waals surface area (Å²) >= 11 is 0. The Hall–Kier alpha value is -0.400.